The number of hydrogen-bond donors (Lipinski definition) is 0. The zero-order chi connectivity index (χ0) is 17.3. The summed E-state index contributed by atoms with van der Waals surface area (Å²) < 4.78 is 8.27. The number of imidazole rings is 1. The second-order valence-corrected chi connectivity index (χ2v) is 8.22. The maximum Gasteiger partial charge on any atom is 0.208 e. The summed E-state index contributed by atoms with van der Waals surface area (Å²) in [5.74, 6) is 1.09. The van der Waals surface area contributed by atoms with Crippen LogP contribution in [-0.4, -0.2) is 46.9 Å². The van der Waals surface area contributed by atoms with Gasteiger partial charge in [0.25, 0.3) is 0 Å². The monoisotopic (exact) mass is 368 g/mol. The molecule has 3 aromatic rings. The summed E-state index contributed by atoms with van der Waals surface area (Å²) in [6, 6.07) is 12.8. The molecule has 0 saturated carbocycles. The van der Waals surface area contributed by atoms with Crippen LogP contribution in [0.25, 0.3) is 11.0 Å². The van der Waals surface area contributed by atoms with Crippen LogP contribution in [0, 0.1) is 0 Å². The molecule has 0 bridgehead atoms. The molecule has 0 aliphatic carbocycles. The maximum absolute atomic E-state index is 5.90. The average molecular weight is 369 g/mol. The number of para-hydroxylation sites is 2. The van der Waals surface area contributed by atoms with Crippen molar-refractivity contribution in [3.8, 4) is 0 Å². The van der Waals surface area contributed by atoms with Crippen molar-refractivity contribution in [1.82, 2.24) is 14.5 Å². The second-order valence-electron chi connectivity index (χ2n) is 7.19. The van der Waals surface area contributed by atoms with Crippen LogP contribution in [-0.2, 0) is 17.8 Å². The minimum atomic E-state index is 0.334. The van der Waals surface area contributed by atoms with E-state index in [1.165, 1.54) is 16.8 Å². The van der Waals surface area contributed by atoms with Gasteiger partial charge in [-0.25, -0.2) is 4.98 Å². The lowest BCUT2D eigenvalue weighted by Gasteiger charge is -2.38. The summed E-state index contributed by atoms with van der Waals surface area (Å²) in [5, 5.41) is 2.16. The quantitative estimate of drug-likeness (QED) is 0.690. The van der Waals surface area contributed by atoms with E-state index in [1.54, 1.807) is 0 Å². The van der Waals surface area contributed by atoms with Gasteiger partial charge in [0.15, 0.2) is 0 Å². The molecule has 1 saturated heterocycles. The Hall–Kier alpha value is -1.89. The zero-order valence-electron chi connectivity index (χ0n) is 14.9. The Bertz CT molecular complexity index is 869. The summed E-state index contributed by atoms with van der Waals surface area (Å²) in [5.41, 5.74) is 2.31. The molecule has 136 valence electrons. The van der Waals surface area contributed by atoms with Crippen LogP contribution in [0.3, 0.4) is 0 Å². The predicted octanol–water partition coefficient (Wildman–Crippen LogP) is 3.56. The molecule has 0 unspecified atom stereocenters. The third-order valence-electron chi connectivity index (χ3n) is 5.33. The molecule has 4 heterocycles. The fourth-order valence-corrected chi connectivity index (χ4v) is 4.73. The first-order valence-electron chi connectivity index (χ1n) is 9.43. The van der Waals surface area contributed by atoms with E-state index in [1.807, 2.05) is 11.3 Å². The van der Waals surface area contributed by atoms with Crippen LogP contribution < -0.4 is 4.90 Å². The largest absolute Gasteiger partial charge is 0.376 e. The van der Waals surface area contributed by atoms with Crippen molar-refractivity contribution in [3.05, 3.63) is 46.7 Å². The Balaban J connectivity index is 1.41. The third-order valence-corrected chi connectivity index (χ3v) is 6.27. The topological polar surface area (TPSA) is 33.5 Å². The van der Waals surface area contributed by atoms with Gasteiger partial charge in [-0.2, -0.15) is 0 Å². The Morgan fingerprint density at radius 3 is 2.96 bits per heavy atom. The highest BCUT2D eigenvalue weighted by atomic mass is 32.1. The Morgan fingerprint density at radius 1 is 1.15 bits per heavy atom. The number of rotatable bonds is 5. The van der Waals surface area contributed by atoms with E-state index < -0.39 is 0 Å². The molecule has 1 fully saturated rings. The number of ether oxygens (including phenoxy) is 1. The maximum atomic E-state index is 5.90. The highest BCUT2D eigenvalue weighted by Crippen LogP contribution is 2.28. The highest BCUT2D eigenvalue weighted by molar-refractivity contribution is 7.09. The molecule has 0 radical (unpaired) electrons. The zero-order valence-corrected chi connectivity index (χ0v) is 15.7. The van der Waals surface area contributed by atoms with Gasteiger partial charge in [-0.05, 0) is 42.8 Å². The smallest absolute Gasteiger partial charge is 0.208 e. The lowest BCUT2D eigenvalue weighted by atomic mass is 10.2. The number of nitrogens with zero attached hydrogens (tertiary/aromatic N) is 4. The Morgan fingerprint density at radius 2 is 2.12 bits per heavy atom. The van der Waals surface area contributed by atoms with Crippen LogP contribution >= 0.6 is 11.3 Å². The minimum absolute atomic E-state index is 0.334. The standard InChI is InChI=1S/C20H24N4OS/c1-2-8-19-18(7-1)21-20-23(13-16-5-3-11-25-16)14-22(15-24(19)20)10-9-17-6-4-12-26-17/h1-2,4,6-8,12,16H,3,5,9-11,13-15H2/t16-/m1/s1. The summed E-state index contributed by atoms with van der Waals surface area (Å²) in [6.45, 7) is 4.72. The van der Waals surface area contributed by atoms with Crippen LogP contribution in [0.5, 0.6) is 0 Å². The number of fused-ring (bicyclic) bond motifs is 3. The van der Waals surface area contributed by atoms with Crippen molar-refractivity contribution in [2.24, 2.45) is 0 Å². The van der Waals surface area contributed by atoms with E-state index in [0.717, 1.165) is 57.3 Å². The molecule has 26 heavy (non-hydrogen) atoms. The first-order valence-corrected chi connectivity index (χ1v) is 10.3. The van der Waals surface area contributed by atoms with Gasteiger partial charge < -0.3 is 9.64 Å². The van der Waals surface area contributed by atoms with Gasteiger partial charge in [0.1, 0.15) is 0 Å². The normalized spacial score (nSPS) is 20.8. The van der Waals surface area contributed by atoms with E-state index in [0.29, 0.717) is 6.10 Å². The number of benzene rings is 1. The van der Waals surface area contributed by atoms with Crippen LogP contribution in [0.2, 0.25) is 0 Å². The van der Waals surface area contributed by atoms with Gasteiger partial charge >= 0.3 is 0 Å². The van der Waals surface area contributed by atoms with E-state index in [4.69, 9.17) is 9.72 Å². The van der Waals surface area contributed by atoms with E-state index >= 15 is 0 Å². The Labute approximate surface area is 157 Å². The van der Waals surface area contributed by atoms with Gasteiger partial charge in [0.05, 0.1) is 30.5 Å². The van der Waals surface area contributed by atoms with Crippen molar-refractivity contribution in [2.45, 2.75) is 32.0 Å². The van der Waals surface area contributed by atoms with Crippen molar-refractivity contribution in [3.63, 3.8) is 0 Å². The Kier molecular flexibility index (Phi) is 4.40. The molecule has 2 aliphatic rings. The molecule has 0 amide bonds. The molecule has 6 heteroatoms. The van der Waals surface area contributed by atoms with Crippen molar-refractivity contribution >= 4 is 28.3 Å². The van der Waals surface area contributed by atoms with Crippen molar-refractivity contribution < 1.29 is 4.74 Å². The van der Waals surface area contributed by atoms with Gasteiger partial charge in [-0.15, -0.1) is 11.3 Å². The third kappa shape index (κ3) is 3.13. The van der Waals surface area contributed by atoms with Crippen LogP contribution in [0.4, 0.5) is 5.95 Å². The van der Waals surface area contributed by atoms with Gasteiger partial charge in [-0.3, -0.25) is 9.47 Å². The molecule has 2 aromatic heterocycles. The van der Waals surface area contributed by atoms with Crippen molar-refractivity contribution in [1.29, 1.82) is 0 Å². The molecule has 1 atom stereocenters. The molecule has 5 rings (SSSR count). The number of anilines is 1. The molecule has 5 nitrogen and oxygen atoms in total. The lowest BCUT2D eigenvalue weighted by Crippen LogP contribution is -2.48. The van der Waals surface area contributed by atoms with E-state index in [-0.39, 0.29) is 0 Å². The SMILES string of the molecule is c1csc(CCN2CN(C[C@H]3CCCO3)c3nc4ccccc4n3C2)c1. The summed E-state index contributed by atoms with van der Waals surface area (Å²) in [4.78, 5) is 11.3. The van der Waals surface area contributed by atoms with E-state index in [9.17, 15) is 0 Å². The van der Waals surface area contributed by atoms with Crippen molar-refractivity contribution in [2.75, 3.05) is 31.3 Å². The molecule has 1 aromatic carbocycles. The molecular weight excluding hydrogens is 344 g/mol. The first-order chi connectivity index (χ1) is 12.9. The predicted molar refractivity (Wildman–Crippen MR) is 106 cm³/mol. The average Bonchev–Trinajstić information content (AvgIpc) is 3.41. The fourth-order valence-electron chi connectivity index (χ4n) is 4.03. The van der Waals surface area contributed by atoms with Crippen LogP contribution in [0.15, 0.2) is 41.8 Å². The first kappa shape index (κ1) is 16.3. The summed E-state index contributed by atoms with van der Waals surface area (Å²) in [7, 11) is 0. The van der Waals surface area contributed by atoms with Gasteiger partial charge in [0, 0.05) is 24.6 Å². The number of thiophene rings is 1. The highest BCUT2D eigenvalue weighted by Gasteiger charge is 2.29. The molecule has 2 aliphatic heterocycles. The van der Waals surface area contributed by atoms with Crippen LogP contribution in [0.1, 0.15) is 17.7 Å². The van der Waals surface area contributed by atoms with Gasteiger partial charge in [0.2, 0.25) is 5.95 Å². The van der Waals surface area contributed by atoms with E-state index in [2.05, 4.69) is 56.1 Å². The molecule has 0 spiro atoms. The molecular formula is C20H24N4OS. The number of hydrogen-bond acceptors (Lipinski definition) is 5. The summed E-state index contributed by atoms with van der Waals surface area (Å²) >= 11 is 1.85. The fraction of sp³-hybridized carbons (Fsp3) is 0.450. The lowest BCUT2D eigenvalue weighted by molar-refractivity contribution is 0.107. The number of aromatic nitrogens is 2. The second kappa shape index (κ2) is 7.02. The summed E-state index contributed by atoms with van der Waals surface area (Å²) in [6.07, 6.45) is 3.77. The van der Waals surface area contributed by atoms with Gasteiger partial charge in [-0.1, -0.05) is 18.2 Å². The molecule has 0 N–H and O–H groups in total. The minimum Gasteiger partial charge on any atom is -0.376 e.